The van der Waals surface area contributed by atoms with E-state index in [1.54, 1.807) is 0 Å². The van der Waals surface area contributed by atoms with Crippen LogP contribution in [0.3, 0.4) is 0 Å². The average Bonchev–Trinajstić information content (AvgIpc) is 3.34. The lowest BCUT2D eigenvalue weighted by atomic mass is 9.46. The van der Waals surface area contributed by atoms with E-state index >= 15 is 0 Å². The number of hydrogen-bond acceptors (Lipinski definition) is 5. The van der Waals surface area contributed by atoms with Crippen molar-refractivity contribution >= 4 is 11.8 Å². The number of carbonyl (C=O) groups excluding carboxylic acids is 2. The maximum atomic E-state index is 12.5. The molecule has 1 spiro atoms. The Bertz CT molecular complexity index is 1000. The molecule has 7 nitrogen and oxygen atoms in total. The Morgan fingerprint density at radius 3 is 2.64 bits per heavy atom. The molecule has 0 aromatic carbocycles. The number of fused-ring (bicyclic) bond motifs is 7. The fourth-order valence-corrected chi connectivity index (χ4v) is 10.5. The monoisotopic (exact) mass is 542 g/mol. The van der Waals surface area contributed by atoms with Crippen LogP contribution in [0.5, 0.6) is 0 Å². The lowest BCUT2D eigenvalue weighted by Crippen LogP contribution is -2.53. The molecule has 0 unspecified atom stereocenters. The molecule has 0 radical (unpaired) electrons. The van der Waals surface area contributed by atoms with E-state index in [-0.39, 0.29) is 48.6 Å². The number of rotatable bonds is 5. The van der Waals surface area contributed by atoms with Crippen LogP contribution in [0.2, 0.25) is 0 Å². The van der Waals surface area contributed by atoms with Crippen LogP contribution in [0, 0.1) is 46.3 Å². The Morgan fingerprint density at radius 2 is 1.90 bits per heavy atom. The van der Waals surface area contributed by atoms with E-state index in [0.717, 1.165) is 38.7 Å². The van der Waals surface area contributed by atoms with Gasteiger partial charge in [0.1, 0.15) is 6.42 Å². The van der Waals surface area contributed by atoms with Crippen LogP contribution >= 0.6 is 0 Å². The zero-order valence-corrected chi connectivity index (χ0v) is 24.5. The van der Waals surface area contributed by atoms with Crippen molar-refractivity contribution in [3.8, 4) is 0 Å². The molecule has 0 bridgehead atoms. The van der Waals surface area contributed by atoms with Gasteiger partial charge in [0.05, 0.1) is 19.3 Å². The largest absolute Gasteiger partial charge is 0.395 e. The molecule has 2 amide bonds. The first-order valence-electron chi connectivity index (χ1n) is 15.8. The van der Waals surface area contributed by atoms with Crippen molar-refractivity contribution in [1.29, 1.82) is 0 Å². The first-order valence-corrected chi connectivity index (χ1v) is 15.8. The van der Waals surface area contributed by atoms with E-state index in [2.05, 4.69) is 44.4 Å². The number of allylic oxidation sites excluding steroid dienone is 1. The van der Waals surface area contributed by atoms with E-state index in [1.165, 1.54) is 31.3 Å². The Labute approximate surface area is 234 Å². The number of nitrogens with one attached hydrogen (secondary N) is 2. The van der Waals surface area contributed by atoms with Gasteiger partial charge in [-0.15, -0.1) is 0 Å². The third-order valence-corrected chi connectivity index (χ3v) is 12.5. The van der Waals surface area contributed by atoms with Crippen LogP contribution in [0.1, 0.15) is 91.9 Å². The van der Waals surface area contributed by atoms with Gasteiger partial charge in [-0.25, -0.2) is 0 Å². The minimum absolute atomic E-state index is 0.0994. The molecule has 0 aromatic rings. The van der Waals surface area contributed by atoms with Gasteiger partial charge in [0, 0.05) is 24.9 Å². The molecular formula is C32H50N2O5. The second-order valence-corrected chi connectivity index (χ2v) is 14.5. The van der Waals surface area contributed by atoms with E-state index in [4.69, 9.17) is 14.6 Å². The molecular weight excluding hydrogens is 492 g/mol. The standard InChI is InChI=1S/C32H50N2O5/c1-19-7-12-32(38-18-19)20(2)29-26(39-32)16-25-23-6-5-21-15-22(34-28(37)17-27(36)33-13-14-35)8-10-30(21,3)24(23)9-11-31(25,29)4/h5,19-20,22-26,29,35H,6-18H2,1-4H3,(H,33,36)(H,34,37)/t19-,20+,22-,23-,24+,25+,26+,29+,30+,31+,32-/m1/s1. The molecule has 7 heteroatoms. The van der Waals surface area contributed by atoms with E-state index in [0.29, 0.717) is 47.0 Å². The molecule has 4 aliphatic carbocycles. The number of ether oxygens (including phenoxy) is 2. The lowest BCUT2D eigenvalue weighted by Gasteiger charge is -2.58. The summed E-state index contributed by atoms with van der Waals surface area (Å²) in [5.41, 5.74) is 2.06. The van der Waals surface area contributed by atoms with Gasteiger partial charge in [-0.05, 0) is 91.8 Å². The van der Waals surface area contributed by atoms with Crippen molar-refractivity contribution in [1.82, 2.24) is 10.6 Å². The van der Waals surface area contributed by atoms with Crippen LogP contribution in [-0.2, 0) is 19.1 Å². The van der Waals surface area contributed by atoms with Gasteiger partial charge in [-0.2, -0.15) is 0 Å². The molecule has 39 heavy (non-hydrogen) atoms. The summed E-state index contributed by atoms with van der Waals surface area (Å²) in [6.45, 7) is 10.7. The molecule has 11 atom stereocenters. The fourth-order valence-electron chi connectivity index (χ4n) is 10.5. The summed E-state index contributed by atoms with van der Waals surface area (Å²) in [6.07, 6.45) is 12.8. The molecule has 5 fully saturated rings. The van der Waals surface area contributed by atoms with Gasteiger partial charge in [-0.3, -0.25) is 9.59 Å². The smallest absolute Gasteiger partial charge is 0.229 e. The molecule has 218 valence electrons. The van der Waals surface area contributed by atoms with Crippen molar-refractivity contribution in [3.05, 3.63) is 11.6 Å². The predicted octanol–water partition coefficient (Wildman–Crippen LogP) is 4.34. The van der Waals surface area contributed by atoms with Crippen LogP contribution < -0.4 is 10.6 Å². The Kier molecular flexibility index (Phi) is 7.20. The Hall–Kier alpha value is -1.44. The van der Waals surface area contributed by atoms with Crippen molar-refractivity contribution in [3.63, 3.8) is 0 Å². The molecule has 6 rings (SSSR count). The van der Waals surface area contributed by atoms with Gasteiger partial charge in [0.15, 0.2) is 5.79 Å². The number of amides is 2. The third-order valence-electron chi connectivity index (χ3n) is 12.5. The van der Waals surface area contributed by atoms with Crippen molar-refractivity contribution in [2.24, 2.45) is 46.3 Å². The van der Waals surface area contributed by atoms with Gasteiger partial charge >= 0.3 is 0 Å². The zero-order chi connectivity index (χ0) is 27.6. The minimum atomic E-state index is -0.347. The second-order valence-electron chi connectivity index (χ2n) is 14.5. The first-order chi connectivity index (χ1) is 18.6. The summed E-state index contributed by atoms with van der Waals surface area (Å²) in [6, 6.07) is 0.0994. The molecule has 2 aliphatic heterocycles. The molecule has 2 saturated heterocycles. The summed E-state index contributed by atoms with van der Waals surface area (Å²) < 4.78 is 13.4. The maximum absolute atomic E-state index is 12.5. The number of carbonyl (C=O) groups is 2. The first kappa shape index (κ1) is 27.7. The molecule has 3 saturated carbocycles. The minimum Gasteiger partial charge on any atom is -0.395 e. The number of aliphatic hydroxyl groups excluding tert-OH is 1. The van der Waals surface area contributed by atoms with E-state index in [9.17, 15) is 9.59 Å². The highest BCUT2D eigenvalue weighted by Gasteiger charge is 2.68. The van der Waals surface area contributed by atoms with Crippen LogP contribution in [0.25, 0.3) is 0 Å². The summed E-state index contributed by atoms with van der Waals surface area (Å²) in [5, 5.41) is 14.6. The summed E-state index contributed by atoms with van der Waals surface area (Å²) in [7, 11) is 0. The quantitative estimate of drug-likeness (QED) is 0.355. The molecule has 6 aliphatic rings. The Morgan fingerprint density at radius 1 is 1.08 bits per heavy atom. The zero-order valence-electron chi connectivity index (χ0n) is 24.5. The van der Waals surface area contributed by atoms with Gasteiger partial charge in [0.2, 0.25) is 11.8 Å². The maximum Gasteiger partial charge on any atom is 0.229 e. The summed E-state index contributed by atoms with van der Waals surface area (Å²) in [4.78, 5) is 24.4. The SMILES string of the molecule is C[C@@H]1CC[C@@]2(OC1)O[C@H]1C[C@H]3[C@@H]4CC=C5C[C@H](NC(=O)CC(=O)NCCO)CC[C@]5(C)[C@H]4CC[C@]3(C)[C@H]1[C@@H]2C. The van der Waals surface area contributed by atoms with Crippen LogP contribution in [0.15, 0.2) is 11.6 Å². The van der Waals surface area contributed by atoms with Gasteiger partial charge in [-0.1, -0.05) is 39.3 Å². The third kappa shape index (κ3) is 4.50. The highest BCUT2D eigenvalue weighted by molar-refractivity contribution is 5.96. The summed E-state index contributed by atoms with van der Waals surface area (Å²) in [5.74, 6) is 2.90. The summed E-state index contributed by atoms with van der Waals surface area (Å²) >= 11 is 0. The van der Waals surface area contributed by atoms with Crippen molar-refractivity contribution in [2.75, 3.05) is 19.8 Å². The normalized spacial score (nSPS) is 48.4. The predicted molar refractivity (Wildman–Crippen MR) is 148 cm³/mol. The number of aliphatic hydroxyl groups is 1. The highest BCUT2D eigenvalue weighted by atomic mass is 16.7. The van der Waals surface area contributed by atoms with Crippen molar-refractivity contribution in [2.45, 2.75) is 110 Å². The topological polar surface area (TPSA) is 96.9 Å². The average molecular weight is 543 g/mol. The highest BCUT2D eigenvalue weighted by Crippen LogP contribution is 2.70. The Balaban J connectivity index is 1.13. The van der Waals surface area contributed by atoms with Gasteiger partial charge < -0.3 is 25.2 Å². The van der Waals surface area contributed by atoms with E-state index < -0.39 is 0 Å². The van der Waals surface area contributed by atoms with Crippen molar-refractivity contribution < 1.29 is 24.2 Å². The molecule has 0 aromatic heterocycles. The fraction of sp³-hybridized carbons (Fsp3) is 0.875. The second kappa shape index (κ2) is 10.1. The van der Waals surface area contributed by atoms with Gasteiger partial charge in [0.25, 0.3) is 0 Å². The molecule has 3 N–H and O–H groups in total. The molecule has 2 heterocycles. The lowest BCUT2D eigenvalue weighted by molar-refractivity contribution is -0.272. The van der Waals surface area contributed by atoms with E-state index in [1.807, 2.05) is 0 Å². The van der Waals surface area contributed by atoms with Crippen LogP contribution in [-0.4, -0.2) is 54.6 Å². The number of hydrogen-bond donors (Lipinski definition) is 3. The van der Waals surface area contributed by atoms with Crippen LogP contribution in [0.4, 0.5) is 0 Å².